The third-order valence-corrected chi connectivity index (χ3v) is 3.77. The number of carbonyl (C=O) groups is 1. The molecule has 98 valence electrons. The van der Waals surface area contributed by atoms with Gasteiger partial charge in [-0.1, -0.05) is 51.8 Å². The zero-order valence-corrected chi connectivity index (χ0v) is 12.8. The third kappa shape index (κ3) is 3.58. The maximum Gasteiger partial charge on any atom is 0.253 e. The molecule has 0 bridgehead atoms. The number of amides is 1. The van der Waals surface area contributed by atoms with E-state index in [2.05, 4.69) is 21.2 Å². The summed E-state index contributed by atoms with van der Waals surface area (Å²) in [6.07, 6.45) is 0. The number of hydrogen-bond donors (Lipinski definition) is 1. The van der Waals surface area contributed by atoms with Crippen molar-refractivity contribution in [2.24, 2.45) is 0 Å². The van der Waals surface area contributed by atoms with Crippen LogP contribution < -0.4 is 5.32 Å². The highest BCUT2D eigenvalue weighted by molar-refractivity contribution is 9.10. The van der Waals surface area contributed by atoms with Gasteiger partial charge in [-0.05, 0) is 36.2 Å². The van der Waals surface area contributed by atoms with Crippen molar-refractivity contribution in [3.05, 3.63) is 68.7 Å². The lowest BCUT2D eigenvalue weighted by molar-refractivity contribution is 0.0951. The molecule has 0 aliphatic carbocycles. The lowest BCUT2D eigenvalue weighted by Gasteiger charge is -2.08. The fraction of sp³-hybridized carbons (Fsp3) is 0.133. The molecule has 2 nitrogen and oxygen atoms in total. The SMILES string of the molecule is Cc1cccc(C(=O)NCc2cccc(Br)c2)c1Cl. The number of benzene rings is 2. The van der Waals surface area contributed by atoms with Crippen LogP contribution >= 0.6 is 27.5 Å². The van der Waals surface area contributed by atoms with Crippen molar-refractivity contribution in [1.29, 1.82) is 0 Å². The van der Waals surface area contributed by atoms with Crippen LogP contribution in [0, 0.1) is 6.92 Å². The van der Waals surface area contributed by atoms with Crippen molar-refractivity contribution >= 4 is 33.4 Å². The maximum atomic E-state index is 12.1. The number of halogens is 2. The van der Waals surface area contributed by atoms with Crippen LogP contribution in [0.2, 0.25) is 5.02 Å². The average molecular weight is 339 g/mol. The Balaban J connectivity index is 2.08. The molecule has 1 N–H and O–H groups in total. The van der Waals surface area contributed by atoms with E-state index in [1.54, 1.807) is 6.07 Å². The molecule has 2 aromatic rings. The highest BCUT2D eigenvalue weighted by Crippen LogP contribution is 2.20. The Labute approximate surface area is 125 Å². The van der Waals surface area contributed by atoms with E-state index >= 15 is 0 Å². The van der Waals surface area contributed by atoms with Crippen molar-refractivity contribution in [1.82, 2.24) is 5.32 Å². The van der Waals surface area contributed by atoms with Gasteiger partial charge < -0.3 is 5.32 Å². The van der Waals surface area contributed by atoms with Crippen LogP contribution in [0.4, 0.5) is 0 Å². The fourth-order valence-corrected chi connectivity index (χ4v) is 2.41. The van der Waals surface area contributed by atoms with Crippen molar-refractivity contribution in [3.8, 4) is 0 Å². The van der Waals surface area contributed by atoms with Crippen molar-refractivity contribution in [2.75, 3.05) is 0 Å². The summed E-state index contributed by atoms with van der Waals surface area (Å²) < 4.78 is 0.993. The topological polar surface area (TPSA) is 29.1 Å². The molecule has 0 atom stereocenters. The molecule has 2 rings (SSSR count). The molecule has 0 spiro atoms. The zero-order chi connectivity index (χ0) is 13.8. The predicted molar refractivity (Wildman–Crippen MR) is 81.5 cm³/mol. The van der Waals surface area contributed by atoms with Crippen molar-refractivity contribution < 1.29 is 4.79 Å². The number of aryl methyl sites for hydroxylation is 1. The van der Waals surface area contributed by atoms with Gasteiger partial charge in [0, 0.05) is 11.0 Å². The zero-order valence-electron chi connectivity index (χ0n) is 10.4. The lowest BCUT2D eigenvalue weighted by Crippen LogP contribution is -2.23. The number of nitrogens with one attached hydrogen (secondary N) is 1. The molecule has 0 aromatic heterocycles. The normalized spacial score (nSPS) is 10.3. The average Bonchev–Trinajstić information content (AvgIpc) is 2.39. The number of rotatable bonds is 3. The molecule has 0 aliphatic heterocycles. The lowest BCUT2D eigenvalue weighted by atomic mass is 10.1. The van der Waals surface area contributed by atoms with E-state index < -0.39 is 0 Å². The fourth-order valence-electron chi connectivity index (χ4n) is 1.75. The molecule has 19 heavy (non-hydrogen) atoms. The first-order chi connectivity index (χ1) is 9.08. The van der Waals surface area contributed by atoms with Gasteiger partial charge in [-0.3, -0.25) is 4.79 Å². The highest BCUT2D eigenvalue weighted by Gasteiger charge is 2.11. The van der Waals surface area contributed by atoms with Crippen LogP contribution in [-0.4, -0.2) is 5.91 Å². The van der Waals surface area contributed by atoms with Crippen molar-refractivity contribution in [3.63, 3.8) is 0 Å². The van der Waals surface area contributed by atoms with Crippen molar-refractivity contribution in [2.45, 2.75) is 13.5 Å². The quantitative estimate of drug-likeness (QED) is 0.886. The Bertz CT molecular complexity index is 613. The molecular formula is C15H13BrClNO. The standard InChI is InChI=1S/C15H13BrClNO/c1-10-4-2-7-13(14(10)17)15(19)18-9-11-5-3-6-12(16)8-11/h2-8H,9H2,1H3,(H,18,19). The molecule has 2 aromatic carbocycles. The smallest absolute Gasteiger partial charge is 0.253 e. The molecule has 0 unspecified atom stereocenters. The second kappa shape index (κ2) is 6.22. The molecule has 0 fully saturated rings. The first-order valence-electron chi connectivity index (χ1n) is 5.85. The largest absolute Gasteiger partial charge is 0.348 e. The van der Waals surface area contributed by atoms with Gasteiger partial charge in [-0.25, -0.2) is 0 Å². The van der Waals surface area contributed by atoms with E-state index in [0.29, 0.717) is 17.1 Å². The minimum Gasteiger partial charge on any atom is -0.348 e. The van der Waals surface area contributed by atoms with Crippen LogP contribution in [0.1, 0.15) is 21.5 Å². The van der Waals surface area contributed by atoms with E-state index in [4.69, 9.17) is 11.6 Å². The summed E-state index contributed by atoms with van der Waals surface area (Å²) in [4.78, 5) is 12.1. The first kappa shape index (κ1) is 14.1. The Morgan fingerprint density at radius 2 is 2.00 bits per heavy atom. The maximum absolute atomic E-state index is 12.1. The van der Waals surface area contributed by atoms with Crippen LogP contribution in [0.5, 0.6) is 0 Å². The summed E-state index contributed by atoms with van der Waals surface area (Å²) >= 11 is 9.53. The van der Waals surface area contributed by atoms with Gasteiger partial charge >= 0.3 is 0 Å². The van der Waals surface area contributed by atoms with Gasteiger partial charge in [-0.15, -0.1) is 0 Å². The summed E-state index contributed by atoms with van der Waals surface area (Å²) in [5.41, 5.74) is 2.44. The molecule has 0 aliphatic rings. The first-order valence-corrected chi connectivity index (χ1v) is 7.03. The Morgan fingerprint density at radius 3 is 2.74 bits per heavy atom. The molecule has 0 heterocycles. The van der Waals surface area contributed by atoms with Gasteiger partial charge in [0.1, 0.15) is 0 Å². The molecule has 0 saturated heterocycles. The van der Waals surface area contributed by atoms with E-state index in [1.165, 1.54) is 0 Å². The minimum absolute atomic E-state index is 0.159. The van der Waals surface area contributed by atoms with Crippen LogP contribution in [0.15, 0.2) is 46.9 Å². The van der Waals surface area contributed by atoms with Gasteiger partial charge in [0.15, 0.2) is 0 Å². The van der Waals surface area contributed by atoms with E-state index in [-0.39, 0.29) is 5.91 Å². The molecular weight excluding hydrogens is 326 g/mol. The minimum atomic E-state index is -0.159. The Kier molecular flexibility index (Phi) is 4.61. The van der Waals surface area contributed by atoms with Gasteiger partial charge in [0.2, 0.25) is 0 Å². The van der Waals surface area contributed by atoms with Crippen LogP contribution in [-0.2, 0) is 6.54 Å². The third-order valence-electron chi connectivity index (χ3n) is 2.78. The van der Waals surface area contributed by atoms with Crippen LogP contribution in [0.25, 0.3) is 0 Å². The van der Waals surface area contributed by atoms with E-state index in [1.807, 2.05) is 43.3 Å². The summed E-state index contributed by atoms with van der Waals surface area (Å²) in [5, 5.41) is 3.37. The summed E-state index contributed by atoms with van der Waals surface area (Å²) in [5.74, 6) is -0.159. The molecule has 1 amide bonds. The Hall–Kier alpha value is -1.32. The summed E-state index contributed by atoms with van der Waals surface area (Å²) in [6, 6.07) is 13.3. The van der Waals surface area contributed by atoms with Gasteiger partial charge in [-0.2, -0.15) is 0 Å². The van der Waals surface area contributed by atoms with Gasteiger partial charge in [0.05, 0.1) is 10.6 Å². The molecule has 4 heteroatoms. The summed E-state index contributed by atoms with van der Waals surface area (Å²) in [6.45, 7) is 2.36. The second-order valence-corrected chi connectivity index (χ2v) is 5.54. The number of hydrogen-bond acceptors (Lipinski definition) is 1. The summed E-state index contributed by atoms with van der Waals surface area (Å²) in [7, 11) is 0. The highest BCUT2D eigenvalue weighted by atomic mass is 79.9. The molecule has 0 radical (unpaired) electrons. The second-order valence-electron chi connectivity index (χ2n) is 4.25. The number of carbonyl (C=O) groups excluding carboxylic acids is 1. The van der Waals surface area contributed by atoms with Crippen LogP contribution in [0.3, 0.4) is 0 Å². The van der Waals surface area contributed by atoms with E-state index in [9.17, 15) is 4.79 Å². The molecule has 0 saturated carbocycles. The van der Waals surface area contributed by atoms with E-state index in [0.717, 1.165) is 15.6 Å². The Morgan fingerprint density at radius 1 is 1.26 bits per heavy atom. The van der Waals surface area contributed by atoms with Gasteiger partial charge in [0.25, 0.3) is 5.91 Å². The predicted octanol–water partition coefficient (Wildman–Crippen LogP) is 4.34. The monoisotopic (exact) mass is 337 g/mol.